The number of H-pyrrole nitrogens is 1. The maximum absolute atomic E-state index is 12.5. The molecule has 1 aliphatic rings. The molecule has 0 saturated carbocycles. The van der Waals surface area contributed by atoms with Crippen LogP contribution in [0.1, 0.15) is 42.2 Å². The van der Waals surface area contributed by atoms with Crippen molar-refractivity contribution in [1.29, 1.82) is 0 Å². The standard InChI is InChI=1S/C22H28N4O5/c1-3-31-18-7-4-15(14-19(18)30-2)5-8-20(27)23-16-10-12-26(13-11-16)22(29)17-6-9-21(28)25-24-17/h4,6-7,9,14,16H,3,5,8,10-13H2,1-2H3,(H,23,27)(H,25,28). The molecule has 0 unspecified atom stereocenters. The van der Waals surface area contributed by atoms with Crippen LogP contribution in [0.25, 0.3) is 0 Å². The number of benzene rings is 1. The Kier molecular flexibility index (Phi) is 7.64. The lowest BCUT2D eigenvalue weighted by Gasteiger charge is -2.32. The average Bonchev–Trinajstić information content (AvgIpc) is 2.79. The number of hydrogen-bond donors (Lipinski definition) is 2. The largest absolute Gasteiger partial charge is 0.493 e. The summed E-state index contributed by atoms with van der Waals surface area (Å²) in [5, 5.41) is 9.12. The van der Waals surface area contributed by atoms with Crippen LogP contribution in [0.15, 0.2) is 35.1 Å². The second-order valence-corrected chi connectivity index (χ2v) is 7.36. The first-order valence-electron chi connectivity index (χ1n) is 10.4. The van der Waals surface area contributed by atoms with Crippen LogP contribution in [-0.2, 0) is 11.2 Å². The summed E-state index contributed by atoms with van der Waals surface area (Å²) in [4.78, 5) is 37.6. The highest BCUT2D eigenvalue weighted by Crippen LogP contribution is 2.28. The minimum atomic E-state index is -0.346. The minimum absolute atomic E-state index is 0.0140. The van der Waals surface area contributed by atoms with E-state index in [9.17, 15) is 14.4 Å². The third-order valence-corrected chi connectivity index (χ3v) is 5.21. The maximum Gasteiger partial charge on any atom is 0.274 e. The van der Waals surface area contributed by atoms with Crippen LogP contribution in [0.2, 0.25) is 0 Å². The van der Waals surface area contributed by atoms with Crippen LogP contribution in [0.4, 0.5) is 0 Å². The minimum Gasteiger partial charge on any atom is -0.493 e. The molecule has 166 valence electrons. The van der Waals surface area contributed by atoms with E-state index in [1.165, 1.54) is 12.1 Å². The Balaban J connectivity index is 1.44. The van der Waals surface area contributed by atoms with Gasteiger partial charge in [-0.1, -0.05) is 6.07 Å². The van der Waals surface area contributed by atoms with Gasteiger partial charge in [-0.25, -0.2) is 5.10 Å². The first-order valence-corrected chi connectivity index (χ1v) is 10.4. The van der Waals surface area contributed by atoms with Crippen LogP contribution in [0, 0.1) is 0 Å². The number of aryl methyl sites for hydroxylation is 1. The fourth-order valence-corrected chi connectivity index (χ4v) is 3.55. The summed E-state index contributed by atoms with van der Waals surface area (Å²) >= 11 is 0. The lowest BCUT2D eigenvalue weighted by atomic mass is 10.0. The van der Waals surface area contributed by atoms with Crippen LogP contribution < -0.4 is 20.3 Å². The molecule has 2 amide bonds. The van der Waals surface area contributed by atoms with Gasteiger partial charge in [0.25, 0.3) is 11.5 Å². The Bertz CT molecular complexity index is 946. The molecule has 0 bridgehead atoms. The third-order valence-electron chi connectivity index (χ3n) is 5.21. The van der Waals surface area contributed by atoms with E-state index in [-0.39, 0.29) is 29.1 Å². The van der Waals surface area contributed by atoms with Gasteiger partial charge in [-0.15, -0.1) is 0 Å². The molecule has 1 aromatic heterocycles. The molecule has 0 atom stereocenters. The molecule has 1 aromatic carbocycles. The van der Waals surface area contributed by atoms with Gasteiger partial charge in [-0.3, -0.25) is 14.4 Å². The topological polar surface area (TPSA) is 114 Å². The van der Waals surface area contributed by atoms with Crippen molar-refractivity contribution in [2.45, 2.75) is 38.6 Å². The van der Waals surface area contributed by atoms with Crippen molar-refractivity contribution in [3.63, 3.8) is 0 Å². The van der Waals surface area contributed by atoms with Crippen molar-refractivity contribution >= 4 is 11.8 Å². The molecular weight excluding hydrogens is 400 g/mol. The van der Waals surface area contributed by atoms with E-state index in [1.54, 1.807) is 12.0 Å². The first-order chi connectivity index (χ1) is 15.0. The van der Waals surface area contributed by atoms with Gasteiger partial charge in [-0.2, -0.15) is 5.10 Å². The zero-order valence-corrected chi connectivity index (χ0v) is 17.8. The predicted octanol–water partition coefficient (Wildman–Crippen LogP) is 1.53. The molecule has 9 nitrogen and oxygen atoms in total. The average molecular weight is 428 g/mol. The molecule has 0 spiro atoms. The second kappa shape index (κ2) is 10.6. The Morgan fingerprint density at radius 2 is 1.97 bits per heavy atom. The zero-order chi connectivity index (χ0) is 22.2. The van der Waals surface area contributed by atoms with Crippen molar-refractivity contribution in [2.75, 3.05) is 26.8 Å². The van der Waals surface area contributed by atoms with E-state index in [1.807, 2.05) is 25.1 Å². The molecule has 1 saturated heterocycles. The van der Waals surface area contributed by atoms with E-state index in [4.69, 9.17) is 9.47 Å². The summed E-state index contributed by atoms with van der Waals surface area (Å²) in [6, 6.07) is 8.44. The third kappa shape index (κ3) is 6.07. The lowest BCUT2D eigenvalue weighted by molar-refractivity contribution is -0.122. The van der Waals surface area contributed by atoms with E-state index in [0.717, 1.165) is 5.56 Å². The molecule has 0 radical (unpaired) electrons. The number of aromatic amines is 1. The fourth-order valence-electron chi connectivity index (χ4n) is 3.55. The summed E-state index contributed by atoms with van der Waals surface area (Å²) in [5.74, 6) is 1.12. The van der Waals surface area contributed by atoms with Gasteiger partial charge in [-0.05, 0) is 49.9 Å². The molecule has 2 heterocycles. The SMILES string of the molecule is CCOc1ccc(CCC(=O)NC2CCN(C(=O)c3ccc(=O)[nH]n3)CC2)cc1OC. The molecule has 31 heavy (non-hydrogen) atoms. The number of aromatic nitrogens is 2. The Hall–Kier alpha value is -3.36. The van der Waals surface area contributed by atoms with Gasteiger partial charge in [0.05, 0.1) is 13.7 Å². The van der Waals surface area contributed by atoms with Gasteiger partial charge in [0.2, 0.25) is 5.91 Å². The van der Waals surface area contributed by atoms with E-state index in [0.29, 0.717) is 56.9 Å². The lowest BCUT2D eigenvalue weighted by Crippen LogP contribution is -2.46. The maximum atomic E-state index is 12.5. The number of piperidine rings is 1. The van der Waals surface area contributed by atoms with Gasteiger partial charge >= 0.3 is 0 Å². The molecule has 3 rings (SSSR count). The summed E-state index contributed by atoms with van der Waals surface area (Å²) in [7, 11) is 1.60. The van der Waals surface area contributed by atoms with Crippen molar-refractivity contribution in [3.05, 3.63) is 51.9 Å². The first kappa shape index (κ1) is 22.3. The highest BCUT2D eigenvalue weighted by Gasteiger charge is 2.25. The van der Waals surface area contributed by atoms with Crippen molar-refractivity contribution in [3.8, 4) is 11.5 Å². The number of nitrogens with zero attached hydrogens (tertiary/aromatic N) is 2. The molecule has 0 aliphatic carbocycles. The normalized spacial score (nSPS) is 14.2. The van der Waals surface area contributed by atoms with Crippen LogP contribution in [0.5, 0.6) is 11.5 Å². The van der Waals surface area contributed by atoms with Crippen LogP contribution in [0.3, 0.4) is 0 Å². The van der Waals surface area contributed by atoms with Crippen LogP contribution >= 0.6 is 0 Å². The number of nitrogens with one attached hydrogen (secondary N) is 2. The Labute approximate surface area is 180 Å². The van der Waals surface area contributed by atoms with Crippen molar-refractivity contribution in [1.82, 2.24) is 20.4 Å². The number of ether oxygens (including phenoxy) is 2. The number of carbonyl (C=O) groups is 2. The van der Waals surface area contributed by atoms with Gasteiger partial charge in [0.15, 0.2) is 11.5 Å². The summed E-state index contributed by atoms with van der Waals surface area (Å²) in [6.45, 7) is 3.53. The monoisotopic (exact) mass is 428 g/mol. The van der Waals surface area contributed by atoms with Gasteiger partial charge in [0, 0.05) is 31.6 Å². The van der Waals surface area contributed by atoms with Crippen molar-refractivity contribution < 1.29 is 19.1 Å². The highest BCUT2D eigenvalue weighted by molar-refractivity contribution is 5.92. The van der Waals surface area contributed by atoms with E-state index in [2.05, 4.69) is 15.5 Å². The fraction of sp³-hybridized carbons (Fsp3) is 0.455. The molecule has 2 N–H and O–H groups in total. The summed E-state index contributed by atoms with van der Waals surface area (Å²) < 4.78 is 10.9. The molecule has 1 aliphatic heterocycles. The summed E-state index contributed by atoms with van der Waals surface area (Å²) in [6.07, 6.45) is 2.33. The summed E-state index contributed by atoms with van der Waals surface area (Å²) in [5.41, 5.74) is 0.874. The van der Waals surface area contributed by atoms with E-state index >= 15 is 0 Å². The number of amides is 2. The van der Waals surface area contributed by atoms with Gasteiger partial charge < -0.3 is 19.7 Å². The van der Waals surface area contributed by atoms with Crippen LogP contribution in [-0.4, -0.2) is 59.8 Å². The van der Waals surface area contributed by atoms with E-state index < -0.39 is 0 Å². The number of hydrogen-bond acceptors (Lipinski definition) is 6. The Morgan fingerprint density at radius 3 is 2.61 bits per heavy atom. The molecule has 9 heteroatoms. The number of carbonyl (C=O) groups excluding carboxylic acids is 2. The molecule has 1 fully saturated rings. The predicted molar refractivity (Wildman–Crippen MR) is 114 cm³/mol. The highest BCUT2D eigenvalue weighted by atomic mass is 16.5. The Morgan fingerprint density at radius 1 is 1.19 bits per heavy atom. The van der Waals surface area contributed by atoms with Gasteiger partial charge in [0.1, 0.15) is 5.69 Å². The molecule has 2 aromatic rings. The molecular formula is C22H28N4O5. The van der Waals surface area contributed by atoms with Crippen molar-refractivity contribution in [2.24, 2.45) is 0 Å². The second-order valence-electron chi connectivity index (χ2n) is 7.36. The number of rotatable bonds is 8. The quantitative estimate of drug-likeness (QED) is 0.659. The number of likely N-dealkylation sites (tertiary alicyclic amines) is 1. The number of methoxy groups -OCH3 is 1. The zero-order valence-electron chi connectivity index (χ0n) is 17.8. The smallest absolute Gasteiger partial charge is 0.274 e.